The summed E-state index contributed by atoms with van der Waals surface area (Å²) in [5.41, 5.74) is 2.71. The van der Waals surface area contributed by atoms with Gasteiger partial charge in [0.2, 0.25) is 0 Å². The van der Waals surface area contributed by atoms with E-state index in [0.717, 1.165) is 22.4 Å². The fourth-order valence-electron chi connectivity index (χ4n) is 2.97. The van der Waals surface area contributed by atoms with E-state index in [0.29, 0.717) is 18.8 Å². The van der Waals surface area contributed by atoms with Gasteiger partial charge in [-0.05, 0) is 73.4 Å². The van der Waals surface area contributed by atoms with E-state index in [9.17, 15) is 9.18 Å². The van der Waals surface area contributed by atoms with Crippen molar-refractivity contribution in [3.05, 3.63) is 89.2 Å². The average molecular weight is 408 g/mol. The maximum Gasteiger partial charge on any atom is 0.306 e. The zero-order valence-electron chi connectivity index (χ0n) is 17.2. The quantitative estimate of drug-likeness (QED) is 0.407. The van der Waals surface area contributed by atoms with Crippen LogP contribution in [0.2, 0.25) is 0 Å². The van der Waals surface area contributed by atoms with Crippen LogP contribution in [0.5, 0.6) is 17.2 Å². The molecule has 3 aromatic carbocycles. The molecule has 0 atom stereocenters. The lowest BCUT2D eigenvalue weighted by molar-refractivity contribution is -0.143. The number of carbonyl (C=O) groups excluding carboxylic acids is 1. The van der Waals surface area contributed by atoms with Crippen molar-refractivity contribution in [2.75, 3.05) is 6.61 Å². The predicted octanol–water partition coefficient (Wildman–Crippen LogP) is 6.00. The van der Waals surface area contributed by atoms with Gasteiger partial charge in [0, 0.05) is 6.42 Å². The molecule has 4 nitrogen and oxygen atoms in total. The molecule has 156 valence electrons. The number of hydrogen-bond acceptors (Lipinski definition) is 4. The summed E-state index contributed by atoms with van der Waals surface area (Å²) >= 11 is 0. The van der Waals surface area contributed by atoms with E-state index >= 15 is 0 Å². The van der Waals surface area contributed by atoms with Gasteiger partial charge in [-0.2, -0.15) is 0 Å². The fraction of sp³-hybridized carbons (Fsp3) is 0.240. The Bertz CT molecular complexity index is 1000. The fourth-order valence-corrected chi connectivity index (χ4v) is 2.97. The first-order valence-electron chi connectivity index (χ1n) is 9.94. The van der Waals surface area contributed by atoms with Gasteiger partial charge in [-0.15, -0.1) is 0 Å². The largest absolute Gasteiger partial charge is 0.486 e. The summed E-state index contributed by atoms with van der Waals surface area (Å²) in [5.74, 6) is 0.878. The van der Waals surface area contributed by atoms with Crippen molar-refractivity contribution >= 4 is 5.97 Å². The van der Waals surface area contributed by atoms with Gasteiger partial charge >= 0.3 is 5.97 Å². The van der Waals surface area contributed by atoms with Crippen LogP contribution in [-0.2, 0) is 22.6 Å². The third kappa shape index (κ3) is 6.34. The van der Waals surface area contributed by atoms with Crippen LogP contribution < -0.4 is 9.47 Å². The van der Waals surface area contributed by atoms with Crippen molar-refractivity contribution in [1.82, 2.24) is 0 Å². The van der Waals surface area contributed by atoms with Gasteiger partial charge in [0.05, 0.1) is 6.61 Å². The molecule has 0 aliphatic carbocycles. The lowest BCUT2D eigenvalue weighted by atomic mass is 10.1. The number of halogens is 1. The van der Waals surface area contributed by atoms with Crippen molar-refractivity contribution < 1.29 is 23.4 Å². The zero-order valence-corrected chi connectivity index (χ0v) is 17.2. The van der Waals surface area contributed by atoms with Crippen LogP contribution in [0.4, 0.5) is 4.39 Å². The molecule has 5 heteroatoms. The summed E-state index contributed by atoms with van der Waals surface area (Å²) in [6.45, 7) is 4.32. The van der Waals surface area contributed by atoms with Gasteiger partial charge in [0.15, 0.2) is 11.6 Å². The molecule has 0 spiro atoms. The molecule has 0 heterocycles. The molecule has 0 saturated heterocycles. The molecule has 0 fully saturated rings. The van der Waals surface area contributed by atoms with Gasteiger partial charge in [-0.25, -0.2) is 4.39 Å². The minimum atomic E-state index is -0.455. The van der Waals surface area contributed by atoms with Gasteiger partial charge in [0.25, 0.3) is 0 Å². The highest BCUT2D eigenvalue weighted by Crippen LogP contribution is 2.25. The highest BCUT2D eigenvalue weighted by atomic mass is 19.1. The Labute approximate surface area is 176 Å². The van der Waals surface area contributed by atoms with Crippen LogP contribution in [0, 0.1) is 12.7 Å². The molecule has 0 aliphatic rings. The molecular weight excluding hydrogens is 383 g/mol. The molecule has 3 aromatic rings. The molecule has 0 N–H and O–H groups in total. The highest BCUT2D eigenvalue weighted by molar-refractivity contribution is 5.69. The Morgan fingerprint density at radius 1 is 0.933 bits per heavy atom. The van der Waals surface area contributed by atoms with Crippen LogP contribution >= 0.6 is 0 Å². The minimum absolute atomic E-state index is 0.167. The lowest BCUT2D eigenvalue weighted by Gasteiger charge is -2.11. The van der Waals surface area contributed by atoms with Gasteiger partial charge < -0.3 is 14.2 Å². The second kappa shape index (κ2) is 10.4. The highest BCUT2D eigenvalue weighted by Gasteiger charge is 2.08. The number of rotatable bonds is 9. The van der Waals surface area contributed by atoms with Crippen LogP contribution in [0.15, 0.2) is 66.7 Å². The summed E-state index contributed by atoms with van der Waals surface area (Å²) in [7, 11) is 0. The van der Waals surface area contributed by atoms with Crippen LogP contribution in [0.1, 0.15) is 30.0 Å². The van der Waals surface area contributed by atoms with Gasteiger partial charge in [0.1, 0.15) is 18.1 Å². The van der Waals surface area contributed by atoms with Gasteiger partial charge in [-0.1, -0.05) is 30.3 Å². The van der Waals surface area contributed by atoms with Crippen molar-refractivity contribution in [3.8, 4) is 17.2 Å². The number of ether oxygens (including phenoxy) is 3. The van der Waals surface area contributed by atoms with Gasteiger partial charge in [-0.3, -0.25) is 4.79 Å². The third-order valence-electron chi connectivity index (χ3n) is 4.44. The molecule has 0 aromatic heterocycles. The van der Waals surface area contributed by atoms with Crippen molar-refractivity contribution in [1.29, 1.82) is 0 Å². The first-order chi connectivity index (χ1) is 14.5. The maximum absolute atomic E-state index is 14.4. The van der Waals surface area contributed by atoms with Crippen LogP contribution in [0.3, 0.4) is 0 Å². The zero-order chi connectivity index (χ0) is 21.3. The molecule has 30 heavy (non-hydrogen) atoms. The molecule has 0 radical (unpaired) electrons. The normalized spacial score (nSPS) is 10.5. The topological polar surface area (TPSA) is 44.8 Å². The minimum Gasteiger partial charge on any atom is -0.486 e. The van der Waals surface area contributed by atoms with Crippen LogP contribution in [-0.4, -0.2) is 12.6 Å². The monoisotopic (exact) mass is 408 g/mol. The number of benzene rings is 3. The SMILES string of the molecule is CCOC(=O)CCc1ccc(OCc2cccc(Oc3cccc(C)c3)c2)c(F)c1. The Hall–Kier alpha value is -3.34. The molecule has 3 rings (SSSR count). The lowest BCUT2D eigenvalue weighted by Crippen LogP contribution is -2.05. The molecular formula is C25H25FO4. The van der Waals surface area contributed by atoms with Crippen molar-refractivity contribution in [2.45, 2.75) is 33.3 Å². The first-order valence-corrected chi connectivity index (χ1v) is 9.94. The summed E-state index contributed by atoms with van der Waals surface area (Å²) in [6.07, 6.45) is 0.648. The Morgan fingerprint density at radius 3 is 2.43 bits per heavy atom. The molecule has 0 saturated carbocycles. The molecule has 0 bridgehead atoms. The smallest absolute Gasteiger partial charge is 0.306 e. The summed E-state index contributed by atoms with van der Waals surface area (Å²) < 4.78 is 30.8. The van der Waals surface area contributed by atoms with Crippen LogP contribution in [0.25, 0.3) is 0 Å². The predicted molar refractivity (Wildman–Crippen MR) is 113 cm³/mol. The van der Waals surface area contributed by atoms with E-state index in [-0.39, 0.29) is 24.7 Å². The van der Waals surface area contributed by atoms with E-state index in [2.05, 4.69) is 0 Å². The summed E-state index contributed by atoms with van der Waals surface area (Å²) in [5, 5.41) is 0. The second-order valence-corrected chi connectivity index (χ2v) is 6.92. The number of carbonyl (C=O) groups is 1. The van der Waals surface area contributed by atoms with E-state index in [1.807, 2.05) is 55.5 Å². The summed E-state index contributed by atoms with van der Waals surface area (Å²) in [4.78, 5) is 11.4. The Morgan fingerprint density at radius 2 is 1.70 bits per heavy atom. The molecule has 0 aliphatic heterocycles. The number of aryl methyl sites for hydroxylation is 2. The maximum atomic E-state index is 14.4. The molecule has 0 unspecified atom stereocenters. The Kier molecular flexibility index (Phi) is 7.44. The van der Waals surface area contributed by atoms with Crippen molar-refractivity contribution in [3.63, 3.8) is 0 Å². The number of hydrogen-bond donors (Lipinski definition) is 0. The first kappa shape index (κ1) is 21.4. The standard InChI is InChI=1S/C25H25FO4/c1-3-28-25(27)13-11-19-10-12-24(23(26)16-19)29-17-20-7-5-9-22(15-20)30-21-8-4-6-18(2)14-21/h4-10,12,14-16H,3,11,13,17H2,1-2H3. The Balaban J connectivity index is 1.58. The second-order valence-electron chi connectivity index (χ2n) is 6.92. The van der Waals surface area contributed by atoms with E-state index < -0.39 is 5.82 Å². The van der Waals surface area contributed by atoms with Crippen molar-refractivity contribution in [2.24, 2.45) is 0 Å². The number of esters is 1. The summed E-state index contributed by atoms with van der Waals surface area (Å²) in [6, 6.07) is 20.1. The molecule has 0 amide bonds. The van der Waals surface area contributed by atoms with E-state index in [1.165, 1.54) is 6.07 Å². The van der Waals surface area contributed by atoms with E-state index in [1.54, 1.807) is 19.1 Å². The third-order valence-corrected chi connectivity index (χ3v) is 4.44. The van der Waals surface area contributed by atoms with E-state index in [4.69, 9.17) is 14.2 Å². The average Bonchev–Trinajstić information content (AvgIpc) is 2.72.